The number of hydrogen-bond donors (Lipinski definition) is 0. The number of ether oxygens (including phenoxy) is 1. The largest absolute Gasteiger partial charge is 0.453 e. The lowest BCUT2D eigenvalue weighted by atomic mass is 9.86. The fourth-order valence-electron chi connectivity index (χ4n) is 3.32. The highest BCUT2D eigenvalue weighted by molar-refractivity contribution is 7.99. The van der Waals surface area contributed by atoms with Crippen molar-refractivity contribution >= 4 is 44.9 Å². The smallest absolute Gasteiger partial charge is 0.350 e. The lowest BCUT2D eigenvalue weighted by Gasteiger charge is -2.25. The monoisotopic (exact) mass is 417 g/mol. The Bertz CT molecular complexity index is 746. The minimum atomic E-state index is -3.71. The Hall–Kier alpha value is -0.900. The van der Waals surface area contributed by atoms with Gasteiger partial charge in [-0.05, 0) is 24.3 Å². The fourth-order valence-corrected chi connectivity index (χ4v) is 7.18. The maximum atomic E-state index is 12.8. The molecule has 0 amide bonds. The minimum Gasteiger partial charge on any atom is -0.453 e. The first-order valence-electron chi connectivity index (χ1n) is 8.85. The van der Waals surface area contributed by atoms with E-state index in [1.807, 2.05) is 0 Å². The number of esters is 1. The van der Waals surface area contributed by atoms with Crippen molar-refractivity contribution in [2.75, 3.05) is 31.2 Å². The number of thioether (sulfide) groups is 1. The van der Waals surface area contributed by atoms with Gasteiger partial charge in [0.05, 0.1) is 0 Å². The van der Waals surface area contributed by atoms with E-state index in [0.717, 1.165) is 54.9 Å². The van der Waals surface area contributed by atoms with Gasteiger partial charge < -0.3 is 4.74 Å². The summed E-state index contributed by atoms with van der Waals surface area (Å²) in [6.45, 7) is 0.607. The van der Waals surface area contributed by atoms with Crippen molar-refractivity contribution in [2.45, 2.75) is 37.0 Å². The Balaban J connectivity index is 1.65. The van der Waals surface area contributed by atoms with Gasteiger partial charge in [-0.15, -0.1) is 11.3 Å². The molecule has 0 atom stereocenters. The fraction of sp³-hybridized carbons (Fsp3) is 0.647. The van der Waals surface area contributed by atoms with Gasteiger partial charge >= 0.3 is 5.97 Å². The second-order valence-corrected chi connectivity index (χ2v) is 10.6. The van der Waals surface area contributed by atoms with Gasteiger partial charge in [0.15, 0.2) is 12.4 Å². The van der Waals surface area contributed by atoms with Gasteiger partial charge in [-0.1, -0.05) is 19.3 Å². The lowest BCUT2D eigenvalue weighted by Crippen LogP contribution is -2.38. The first kappa shape index (κ1) is 19.9. The number of thiophene rings is 1. The second kappa shape index (κ2) is 8.86. The molecular formula is C17H23NO5S3. The van der Waals surface area contributed by atoms with E-state index in [1.165, 1.54) is 10.4 Å². The number of hydrogen-bond acceptors (Lipinski definition) is 7. The third kappa shape index (κ3) is 4.49. The number of nitrogens with zero attached hydrogens (tertiary/aromatic N) is 1. The molecule has 2 aliphatic rings. The Morgan fingerprint density at radius 2 is 1.85 bits per heavy atom. The number of rotatable bonds is 6. The van der Waals surface area contributed by atoms with Crippen LogP contribution >= 0.6 is 23.1 Å². The predicted octanol–water partition coefficient (Wildman–Crippen LogP) is 2.79. The molecule has 6 nitrogen and oxygen atoms in total. The van der Waals surface area contributed by atoms with E-state index in [9.17, 15) is 18.0 Å². The molecular weight excluding hydrogens is 394 g/mol. The van der Waals surface area contributed by atoms with Gasteiger partial charge in [-0.25, -0.2) is 13.2 Å². The van der Waals surface area contributed by atoms with Crippen molar-refractivity contribution in [1.82, 2.24) is 4.31 Å². The summed E-state index contributed by atoms with van der Waals surface area (Å²) in [5.74, 6) is 0.674. The summed E-state index contributed by atoms with van der Waals surface area (Å²) >= 11 is 2.75. The molecule has 1 aromatic heterocycles. The van der Waals surface area contributed by atoms with Crippen LogP contribution in [0.4, 0.5) is 0 Å². The molecule has 2 heterocycles. The van der Waals surface area contributed by atoms with E-state index in [0.29, 0.717) is 13.1 Å². The van der Waals surface area contributed by atoms with Crippen LogP contribution in [0.1, 0.15) is 41.8 Å². The third-order valence-corrected chi connectivity index (χ3v) is 8.72. The van der Waals surface area contributed by atoms with Crippen LogP contribution in [0.25, 0.3) is 0 Å². The lowest BCUT2D eigenvalue weighted by molar-refractivity contribution is -0.126. The highest BCUT2D eigenvalue weighted by Gasteiger charge is 2.32. The highest BCUT2D eigenvalue weighted by Crippen LogP contribution is 2.28. The molecule has 0 bridgehead atoms. The van der Waals surface area contributed by atoms with Crippen LogP contribution in [0.5, 0.6) is 0 Å². The number of carbonyl (C=O) groups excluding carboxylic acids is 2. The van der Waals surface area contributed by atoms with E-state index in [4.69, 9.17) is 4.74 Å². The zero-order valence-corrected chi connectivity index (χ0v) is 17.0. The normalized spacial score (nSPS) is 20.0. The molecule has 3 rings (SSSR count). The molecule has 0 aromatic carbocycles. The van der Waals surface area contributed by atoms with Crippen LogP contribution in [0.15, 0.2) is 16.3 Å². The molecule has 2 fully saturated rings. The molecule has 0 N–H and O–H groups in total. The number of Topliss-reactive ketones (excluding diaryl/α,β-unsaturated/α-hetero) is 1. The van der Waals surface area contributed by atoms with Crippen molar-refractivity contribution in [1.29, 1.82) is 0 Å². The molecule has 1 aliphatic heterocycles. The van der Waals surface area contributed by atoms with Crippen LogP contribution in [0, 0.1) is 5.92 Å². The molecule has 1 saturated heterocycles. The van der Waals surface area contributed by atoms with Gasteiger partial charge in [0.1, 0.15) is 9.77 Å². The molecule has 0 unspecified atom stereocenters. The molecule has 144 valence electrons. The van der Waals surface area contributed by atoms with Gasteiger partial charge in [-0.2, -0.15) is 16.1 Å². The second-order valence-electron chi connectivity index (χ2n) is 6.51. The van der Waals surface area contributed by atoms with Crippen molar-refractivity contribution in [3.63, 3.8) is 0 Å². The molecule has 0 radical (unpaired) electrons. The van der Waals surface area contributed by atoms with Crippen LogP contribution < -0.4 is 0 Å². The Morgan fingerprint density at radius 1 is 1.15 bits per heavy atom. The molecule has 1 aromatic rings. The number of sulfonamides is 1. The standard InChI is InChI=1S/C17H23NO5S3/c19-14(13-4-2-1-3-5-13)12-23-17(20)16-15(6-9-25-16)26(21,22)18-7-10-24-11-8-18/h6,9,13H,1-5,7-8,10-12H2. The number of ketones is 1. The van der Waals surface area contributed by atoms with E-state index < -0.39 is 16.0 Å². The minimum absolute atomic E-state index is 0.00971. The zero-order valence-electron chi connectivity index (χ0n) is 14.5. The molecule has 0 spiro atoms. The van der Waals surface area contributed by atoms with Gasteiger partial charge in [0.25, 0.3) is 0 Å². The van der Waals surface area contributed by atoms with E-state index in [2.05, 4.69) is 0 Å². The van der Waals surface area contributed by atoms with Crippen LogP contribution in [-0.4, -0.2) is 55.7 Å². The van der Waals surface area contributed by atoms with Gasteiger partial charge in [0, 0.05) is 30.5 Å². The molecule has 1 aliphatic carbocycles. The van der Waals surface area contributed by atoms with Crippen molar-refractivity contribution in [3.8, 4) is 0 Å². The maximum absolute atomic E-state index is 12.8. The summed E-state index contributed by atoms with van der Waals surface area (Å²) in [6.07, 6.45) is 4.91. The van der Waals surface area contributed by atoms with Crippen LogP contribution in [0.3, 0.4) is 0 Å². The Labute approximate surface area is 162 Å². The summed E-state index contributed by atoms with van der Waals surface area (Å²) in [5.41, 5.74) is 0. The van der Waals surface area contributed by atoms with E-state index in [-0.39, 0.29) is 28.1 Å². The number of carbonyl (C=O) groups is 2. The Morgan fingerprint density at radius 3 is 2.54 bits per heavy atom. The molecule has 9 heteroatoms. The average molecular weight is 418 g/mol. The first-order chi connectivity index (χ1) is 12.5. The highest BCUT2D eigenvalue weighted by atomic mass is 32.2. The van der Waals surface area contributed by atoms with E-state index in [1.54, 1.807) is 17.1 Å². The zero-order chi connectivity index (χ0) is 18.6. The van der Waals surface area contributed by atoms with Gasteiger partial charge in [0.2, 0.25) is 10.0 Å². The quantitative estimate of drug-likeness (QED) is 0.662. The summed E-state index contributed by atoms with van der Waals surface area (Å²) in [4.78, 5) is 24.6. The maximum Gasteiger partial charge on any atom is 0.350 e. The summed E-state index contributed by atoms with van der Waals surface area (Å²) in [7, 11) is -3.71. The topological polar surface area (TPSA) is 80.8 Å². The molecule has 1 saturated carbocycles. The summed E-state index contributed by atoms with van der Waals surface area (Å²) in [6, 6.07) is 1.45. The van der Waals surface area contributed by atoms with Gasteiger partial charge in [-0.3, -0.25) is 4.79 Å². The first-order valence-corrected chi connectivity index (χ1v) is 12.3. The van der Waals surface area contributed by atoms with E-state index >= 15 is 0 Å². The van der Waals surface area contributed by atoms with Crippen molar-refractivity contribution < 1.29 is 22.7 Å². The average Bonchev–Trinajstić information content (AvgIpc) is 3.18. The third-order valence-electron chi connectivity index (χ3n) is 4.81. The van der Waals surface area contributed by atoms with Crippen LogP contribution in [-0.2, 0) is 19.6 Å². The summed E-state index contributed by atoms with van der Waals surface area (Å²) in [5, 5.41) is 1.57. The SMILES string of the molecule is O=C(OCC(=O)C1CCCCC1)c1sccc1S(=O)(=O)N1CCSCC1. The van der Waals surface area contributed by atoms with Crippen molar-refractivity contribution in [2.24, 2.45) is 5.92 Å². The predicted molar refractivity (Wildman–Crippen MR) is 102 cm³/mol. The Kier molecular flexibility index (Phi) is 6.76. The summed E-state index contributed by atoms with van der Waals surface area (Å²) < 4.78 is 32.2. The van der Waals surface area contributed by atoms with Crippen LogP contribution in [0.2, 0.25) is 0 Å². The van der Waals surface area contributed by atoms with Crippen molar-refractivity contribution in [3.05, 3.63) is 16.3 Å². The molecule has 26 heavy (non-hydrogen) atoms.